The fraction of sp³-hybridized carbons (Fsp3) is 0.615. The first kappa shape index (κ1) is 14.0. The molecule has 3 heterocycles. The second-order valence-electron chi connectivity index (χ2n) is 5.95. The Morgan fingerprint density at radius 1 is 1.45 bits per heavy atom. The lowest BCUT2D eigenvalue weighted by atomic mass is 9.85. The van der Waals surface area contributed by atoms with E-state index in [1.807, 2.05) is 19.9 Å². The summed E-state index contributed by atoms with van der Waals surface area (Å²) in [4.78, 5) is 0.433. The van der Waals surface area contributed by atoms with Crippen LogP contribution >= 0.6 is 11.3 Å². The molecular formula is C13H17N3O2S2. The van der Waals surface area contributed by atoms with E-state index in [4.69, 9.17) is 5.26 Å². The highest BCUT2D eigenvalue weighted by molar-refractivity contribution is 7.91. The van der Waals surface area contributed by atoms with Gasteiger partial charge in [0.1, 0.15) is 15.2 Å². The van der Waals surface area contributed by atoms with Crippen LogP contribution < -0.4 is 5.32 Å². The predicted molar refractivity (Wildman–Crippen MR) is 76.9 cm³/mol. The molecule has 3 rings (SSSR count). The molecule has 1 aromatic heterocycles. The van der Waals surface area contributed by atoms with Crippen LogP contribution in [0, 0.1) is 23.2 Å². The van der Waals surface area contributed by atoms with E-state index in [-0.39, 0.29) is 9.75 Å². The van der Waals surface area contributed by atoms with E-state index in [1.54, 1.807) is 16.4 Å². The predicted octanol–water partition coefficient (Wildman–Crippen LogP) is 1.24. The van der Waals surface area contributed by atoms with Crippen molar-refractivity contribution >= 4 is 21.4 Å². The Morgan fingerprint density at radius 3 is 2.80 bits per heavy atom. The molecule has 0 aromatic carbocycles. The Morgan fingerprint density at radius 2 is 2.20 bits per heavy atom. The van der Waals surface area contributed by atoms with Gasteiger partial charge in [0, 0.05) is 18.6 Å². The van der Waals surface area contributed by atoms with Crippen LogP contribution in [0.4, 0.5) is 0 Å². The molecule has 0 spiro atoms. The summed E-state index contributed by atoms with van der Waals surface area (Å²) in [6.07, 6.45) is 0. The van der Waals surface area contributed by atoms with Crippen LogP contribution in [0.3, 0.4) is 0 Å². The largest absolute Gasteiger partial charge is 0.316 e. The van der Waals surface area contributed by atoms with Crippen molar-refractivity contribution in [1.82, 2.24) is 9.62 Å². The summed E-state index contributed by atoms with van der Waals surface area (Å²) in [6.45, 7) is 6.32. The van der Waals surface area contributed by atoms with Crippen molar-refractivity contribution in [1.29, 1.82) is 5.26 Å². The molecule has 0 amide bonds. The molecule has 1 N–H and O–H groups in total. The Hall–Kier alpha value is -0.940. The Bertz CT molecular complexity index is 672. The minimum Gasteiger partial charge on any atom is -0.316 e. The molecular weight excluding hydrogens is 294 g/mol. The third-order valence-electron chi connectivity index (χ3n) is 4.53. The first-order valence-corrected chi connectivity index (χ1v) is 8.86. The van der Waals surface area contributed by atoms with Crippen molar-refractivity contribution in [3.63, 3.8) is 0 Å². The van der Waals surface area contributed by atoms with Gasteiger partial charge in [-0.1, -0.05) is 0 Å². The summed E-state index contributed by atoms with van der Waals surface area (Å²) in [5.74, 6) is 0.739. The van der Waals surface area contributed by atoms with Crippen molar-refractivity contribution in [3.8, 4) is 6.07 Å². The third kappa shape index (κ3) is 1.91. The zero-order chi connectivity index (χ0) is 14.5. The lowest BCUT2D eigenvalue weighted by Crippen LogP contribution is -2.47. The van der Waals surface area contributed by atoms with Gasteiger partial charge in [0.2, 0.25) is 0 Å². The zero-order valence-corrected chi connectivity index (χ0v) is 13.1. The van der Waals surface area contributed by atoms with Crippen LogP contribution in [0.2, 0.25) is 0 Å². The average Bonchev–Trinajstić information content (AvgIpc) is 3.07. The third-order valence-corrected chi connectivity index (χ3v) is 8.04. The molecule has 0 aliphatic carbocycles. The van der Waals surface area contributed by atoms with E-state index in [9.17, 15) is 8.42 Å². The fourth-order valence-corrected chi connectivity index (χ4v) is 6.51. The minimum atomic E-state index is -3.50. The van der Waals surface area contributed by atoms with E-state index in [2.05, 4.69) is 5.32 Å². The molecule has 2 aliphatic heterocycles. The molecule has 0 bridgehead atoms. The van der Waals surface area contributed by atoms with Gasteiger partial charge < -0.3 is 5.32 Å². The van der Waals surface area contributed by atoms with E-state index in [1.165, 1.54) is 0 Å². The monoisotopic (exact) mass is 311 g/mol. The normalized spacial score (nSPS) is 29.2. The number of sulfonamides is 1. The molecule has 1 aromatic rings. The van der Waals surface area contributed by atoms with E-state index < -0.39 is 10.0 Å². The number of rotatable bonds is 2. The molecule has 5 nitrogen and oxygen atoms in total. The number of nitriles is 1. The summed E-state index contributed by atoms with van der Waals surface area (Å²) >= 11 is 1.05. The number of hydrogen-bond acceptors (Lipinski definition) is 5. The molecule has 2 saturated heterocycles. The summed E-state index contributed by atoms with van der Waals surface area (Å²) in [6, 6.07) is 5.11. The lowest BCUT2D eigenvalue weighted by molar-refractivity contribution is 0.233. The maximum Gasteiger partial charge on any atom is 0.253 e. The molecule has 2 fully saturated rings. The van der Waals surface area contributed by atoms with Crippen molar-refractivity contribution in [2.75, 3.05) is 19.6 Å². The van der Waals surface area contributed by atoms with Crippen LogP contribution in [0.5, 0.6) is 0 Å². The standard InChI is InChI=1S/C13H17N3O2S2/c1-13(2)11-7-15-6-9(11)8-16(13)20(17,18)12-4-3-10(5-14)19-12/h3-4,9,11,15H,6-8H2,1-2H3. The number of fused-ring (bicyclic) bond motifs is 1. The summed E-state index contributed by atoms with van der Waals surface area (Å²) in [5.41, 5.74) is -0.385. The van der Waals surface area contributed by atoms with Gasteiger partial charge in [-0.05, 0) is 44.4 Å². The van der Waals surface area contributed by atoms with Gasteiger partial charge in [-0.25, -0.2) is 8.42 Å². The van der Waals surface area contributed by atoms with Gasteiger partial charge >= 0.3 is 0 Å². The maximum absolute atomic E-state index is 12.8. The van der Waals surface area contributed by atoms with Gasteiger partial charge in [-0.2, -0.15) is 9.57 Å². The molecule has 2 aliphatic rings. The highest BCUT2D eigenvalue weighted by Crippen LogP contribution is 2.44. The summed E-state index contributed by atoms with van der Waals surface area (Å²) in [5, 5.41) is 12.2. The molecule has 108 valence electrons. The quantitative estimate of drug-likeness (QED) is 0.892. The first-order chi connectivity index (χ1) is 9.37. The number of hydrogen-bond donors (Lipinski definition) is 1. The first-order valence-electron chi connectivity index (χ1n) is 6.61. The van der Waals surface area contributed by atoms with Crippen molar-refractivity contribution < 1.29 is 8.42 Å². The van der Waals surface area contributed by atoms with Crippen molar-refractivity contribution in [2.24, 2.45) is 11.8 Å². The Kier molecular flexibility index (Phi) is 3.18. The fourth-order valence-electron chi connectivity index (χ4n) is 3.42. The van der Waals surface area contributed by atoms with Crippen LogP contribution in [0.1, 0.15) is 18.7 Å². The SMILES string of the molecule is CC1(C)C2CNCC2CN1S(=O)(=O)c1ccc(C#N)s1. The Balaban J connectivity index is 1.98. The minimum absolute atomic E-state index is 0.273. The molecule has 0 saturated carbocycles. The number of thiophene rings is 1. The van der Waals surface area contributed by atoms with Crippen LogP contribution in [0.15, 0.2) is 16.3 Å². The van der Waals surface area contributed by atoms with Gasteiger partial charge in [0.15, 0.2) is 0 Å². The zero-order valence-electron chi connectivity index (χ0n) is 11.5. The number of nitrogens with one attached hydrogen (secondary N) is 1. The van der Waals surface area contributed by atoms with Crippen LogP contribution in [-0.4, -0.2) is 37.9 Å². The Labute approximate surface area is 123 Å². The van der Waals surface area contributed by atoms with Gasteiger partial charge in [0.25, 0.3) is 10.0 Å². The van der Waals surface area contributed by atoms with E-state index in [0.29, 0.717) is 23.3 Å². The topological polar surface area (TPSA) is 73.2 Å². The second kappa shape index (κ2) is 4.53. The van der Waals surface area contributed by atoms with E-state index >= 15 is 0 Å². The molecule has 0 radical (unpaired) electrons. The smallest absolute Gasteiger partial charge is 0.253 e. The van der Waals surface area contributed by atoms with Crippen molar-refractivity contribution in [3.05, 3.63) is 17.0 Å². The highest BCUT2D eigenvalue weighted by atomic mass is 32.2. The average molecular weight is 311 g/mol. The number of nitrogens with zero attached hydrogens (tertiary/aromatic N) is 2. The molecule has 20 heavy (non-hydrogen) atoms. The van der Waals surface area contributed by atoms with Crippen molar-refractivity contribution in [2.45, 2.75) is 23.6 Å². The van der Waals surface area contributed by atoms with Crippen LogP contribution in [0.25, 0.3) is 0 Å². The summed E-state index contributed by atoms with van der Waals surface area (Å²) < 4.78 is 27.5. The molecule has 2 atom stereocenters. The molecule has 7 heteroatoms. The molecule has 2 unspecified atom stereocenters. The van der Waals surface area contributed by atoms with Crippen LogP contribution in [-0.2, 0) is 10.0 Å². The summed E-state index contributed by atoms with van der Waals surface area (Å²) in [7, 11) is -3.50. The highest BCUT2D eigenvalue weighted by Gasteiger charge is 2.54. The lowest BCUT2D eigenvalue weighted by Gasteiger charge is -2.34. The maximum atomic E-state index is 12.8. The van der Waals surface area contributed by atoms with E-state index in [0.717, 1.165) is 24.4 Å². The van der Waals surface area contributed by atoms with Gasteiger partial charge in [0.05, 0.1) is 0 Å². The van der Waals surface area contributed by atoms with Gasteiger partial charge in [-0.3, -0.25) is 0 Å². The second-order valence-corrected chi connectivity index (χ2v) is 9.12. The van der Waals surface area contributed by atoms with Gasteiger partial charge in [-0.15, -0.1) is 11.3 Å².